The monoisotopic (exact) mass is 327 g/mol. The third-order valence-electron chi connectivity index (χ3n) is 3.77. The summed E-state index contributed by atoms with van der Waals surface area (Å²) in [7, 11) is 1.53. The second kappa shape index (κ2) is 6.16. The Labute approximate surface area is 137 Å². The van der Waals surface area contributed by atoms with Crippen LogP contribution in [0.2, 0.25) is 0 Å². The molecule has 0 aromatic heterocycles. The van der Waals surface area contributed by atoms with Crippen molar-refractivity contribution < 1.29 is 23.8 Å². The van der Waals surface area contributed by atoms with Gasteiger partial charge in [0.05, 0.1) is 24.9 Å². The predicted octanol–water partition coefficient (Wildman–Crippen LogP) is 2.85. The molecule has 24 heavy (non-hydrogen) atoms. The number of hydrogen-bond donors (Lipinski definition) is 1. The fraction of sp³-hybridized carbons (Fsp3) is 0.111. The van der Waals surface area contributed by atoms with E-state index in [9.17, 15) is 14.0 Å². The molecule has 1 aliphatic heterocycles. The molecule has 0 atom stereocenters. The van der Waals surface area contributed by atoms with E-state index in [2.05, 4.69) is 0 Å². The number of carbonyl (C=O) groups excluding carboxylic acids is 1. The highest BCUT2D eigenvalue weighted by Crippen LogP contribution is 2.39. The average molecular weight is 327 g/mol. The van der Waals surface area contributed by atoms with Gasteiger partial charge >= 0.3 is 5.97 Å². The van der Waals surface area contributed by atoms with E-state index in [0.29, 0.717) is 5.75 Å². The zero-order chi connectivity index (χ0) is 17.3. The minimum Gasteiger partial charge on any atom is -0.497 e. The van der Waals surface area contributed by atoms with Gasteiger partial charge in [-0.2, -0.15) is 0 Å². The fourth-order valence-corrected chi connectivity index (χ4v) is 2.74. The molecule has 0 spiro atoms. The molecule has 1 amide bonds. The summed E-state index contributed by atoms with van der Waals surface area (Å²) in [6.07, 6.45) is 0.812. The zero-order valence-corrected chi connectivity index (χ0v) is 12.8. The van der Waals surface area contributed by atoms with Crippen molar-refractivity contribution in [2.45, 2.75) is 6.54 Å². The van der Waals surface area contributed by atoms with Crippen LogP contribution in [0.5, 0.6) is 5.75 Å². The number of benzene rings is 2. The van der Waals surface area contributed by atoms with Gasteiger partial charge in [-0.15, -0.1) is 0 Å². The van der Waals surface area contributed by atoms with Crippen LogP contribution in [-0.4, -0.2) is 24.1 Å². The molecule has 6 heteroatoms. The molecule has 1 heterocycles. The van der Waals surface area contributed by atoms with Crippen molar-refractivity contribution >= 4 is 23.1 Å². The largest absolute Gasteiger partial charge is 0.497 e. The number of para-hydroxylation sites is 1. The van der Waals surface area contributed by atoms with Gasteiger partial charge in [0.2, 0.25) is 0 Å². The summed E-state index contributed by atoms with van der Waals surface area (Å²) >= 11 is 0. The Bertz CT molecular complexity index is 860. The molecule has 1 aliphatic rings. The van der Waals surface area contributed by atoms with Crippen LogP contribution in [0.3, 0.4) is 0 Å². The number of carbonyl (C=O) groups is 2. The zero-order valence-electron chi connectivity index (χ0n) is 12.8. The second-order valence-corrected chi connectivity index (χ2v) is 5.28. The normalized spacial score (nSPS) is 14.8. The molecule has 0 saturated heterocycles. The standard InChI is InChI=1S/C18H14FNO4/c1-24-12-5-2-4-11(8-12)10-20-17-13(6-3-7-15(17)19)14(18(20)23)9-16(21)22/h2-9H,10H2,1H3,(H,21,22)/b14-9+. The highest BCUT2D eigenvalue weighted by atomic mass is 19.1. The van der Waals surface area contributed by atoms with Gasteiger partial charge in [-0.05, 0) is 23.8 Å². The second-order valence-electron chi connectivity index (χ2n) is 5.28. The molecule has 3 rings (SSSR count). The lowest BCUT2D eigenvalue weighted by Crippen LogP contribution is -2.26. The van der Waals surface area contributed by atoms with Crippen LogP contribution < -0.4 is 9.64 Å². The van der Waals surface area contributed by atoms with Crippen LogP contribution in [0.15, 0.2) is 48.5 Å². The van der Waals surface area contributed by atoms with Crippen molar-refractivity contribution in [3.05, 3.63) is 65.5 Å². The van der Waals surface area contributed by atoms with E-state index in [1.54, 1.807) is 24.3 Å². The fourth-order valence-electron chi connectivity index (χ4n) is 2.74. The number of hydrogen-bond acceptors (Lipinski definition) is 3. The number of aliphatic carboxylic acids is 1. The number of carboxylic acids is 1. The van der Waals surface area contributed by atoms with Gasteiger partial charge in [0.25, 0.3) is 5.91 Å². The Morgan fingerprint density at radius 1 is 1.29 bits per heavy atom. The van der Waals surface area contributed by atoms with E-state index in [1.807, 2.05) is 0 Å². The molecular weight excluding hydrogens is 313 g/mol. The Morgan fingerprint density at radius 2 is 2.04 bits per heavy atom. The number of nitrogens with zero attached hydrogens (tertiary/aromatic N) is 1. The first-order valence-electron chi connectivity index (χ1n) is 7.19. The van der Waals surface area contributed by atoms with Crippen molar-refractivity contribution in [1.82, 2.24) is 0 Å². The number of carboxylic acid groups (broad SMARTS) is 1. The molecule has 2 aromatic carbocycles. The summed E-state index contributed by atoms with van der Waals surface area (Å²) in [6, 6.07) is 11.3. The topological polar surface area (TPSA) is 66.8 Å². The van der Waals surface area contributed by atoms with Crippen LogP contribution in [0.25, 0.3) is 5.57 Å². The Kier molecular flexibility index (Phi) is 4.04. The molecule has 2 aromatic rings. The number of fused-ring (bicyclic) bond motifs is 1. The first-order valence-corrected chi connectivity index (χ1v) is 7.19. The smallest absolute Gasteiger partial charge is 0.329 e. The summed E-state index contributed by atoms with van der Waals surface area (Å²) in [5.41, 5.74) is 1.09. The van der Waals surface area contributed by atoms with Crippen LogP contribution in [0, 0.1) is 5.82 Å². The van der Waals surface area contributed by atoms with E-state index in [4.69, 9.17) is 9.84 Å². The third kappa shape index (κ3) is 2.74. The van der Waals surface area contributed by atoms with Gasteiger partial charge in [0.15, 0.2) is 0 Å². The average Bonchev–Trinajstić information content (AvgIpc) is 2.81. The first kappa shape index (κ1) is 15.7. The minimum atomic E-state index is -1.25. The van der Waals surface area contributed by atoms with Gasteiger partial charge in [-0.25, -0.2) is 9.18 Å². The molecule has 0 saturated carbocycles. The highest BCUT2D eigenvalue weighted by molar-refractivity contribution is 6.34. The Balaban J connectivity index is 2.05. The van der Waals surface area contributed by atoms with E-state index >= 15 is 0 Å². The minimum absolute atomic E-state index is 0.0279. The molecule has 5 nitrogen and oxygen atoms in total. The Morgan fingerprint density at radius 3 is 2.75 bits per heavy atom. The van der Waals surface area contributed by atoms with Crippen molar-refractivity contribution in [2.24, 2.45) is 0 Å². The van der Waals surface area contributed by atoms with Crippen LogP contribution in [0.1, 0.15) is 11.1 Å². The van der Waals surface area contributed by atoms with Crippen LogP contribution >= 0.6 is 0 Å². The first-order chi connectivity index (χ1) is 11.5. The third-order valence-corrected chi connectivity index (χ3v) is 3.77. The highest BCUT2D eigenvalue weighted by Gasteiger charge is 2.35. The summed E-state index contributed by atoms with van der Waals surface area (Å²) in [4.78, 5) is 24.8. The number of halogens is 1. The Hall–Kier alpha value is -3.15. The molecule has 0 aliphatic carbocycles. The summed E-state index contributed by atoms with van der Waals surface area (Å²) < 4.78 is 19.4. The van der Waals surface area contributed by atoms with Crippen LogP contribution in [-0.2, 0) is 16.1 Å². The van der Waals surface area contributed by atoms with Gasteiger partial charge in [-0.3, -0.25) is 4.79 Å². The van der Waals surface area contributed by atoms with Gasteiger partial charge < -0.3 is 14.7 Å². The SMILES string of the molecule is COc1cccc(CN2C(=O)/C(=C/C(=O)O)c3cccc(F)c32)c1. The van der Waals surface area contributed by atoms with E-state index < -0.39 is 17.7 Å². The number of amides is 1. The summed E-state index contributed by atoms with van der Waals surface area (Å²) in [6.45, 7) is 0.112. The number of methoxy groups -OCH3 is 1. The van der Waals surface area contributed by atoms with Gasteiger partial charge in [-0.1, -0.05) is 24.3 Å². The molecule has 122 valence electrons. The maximum Gasteiger partial charge on any atom is 0.329 e. The number of anilines is 1. The molecule has 1 N–H and O–H groups in total. The number of rotatable bonds is 4. The van der Waals surface area contributed by atoms with Gasteiger partial charge in [0, 0.05) is 11.6 Å². The summed E-state index contributed by atoms with van der Waals surface area (Å²) in [5.74, 6) is -1.75. The van der Waals surface area contributed by atoms with E-state index in [-0.39, 0.29) is 23.4 Å². The summed E-state index contributed by atoms with van der Waals surface area (Å²) in [5, 5.41) is 8.97. The van der Waals surface area contributed by atoms with Crippen LogP contribution in [0.4, 0.5) is 10.1 Å². The quantitative estimate of drug-likeness (QED) is 0.877. The van der Waals surface area contributed by atoms with Crippen molar-refractivity contribution in [2.75, 3.05) is 12.0 Å². The number of ether oxygens (including phenoxy) is 1. The van der Waals surface area contributed by atoms with E-state index in [1.165, 1.54) is 30.2 Å². The predicted molar refractivity (Wildman–Crippen MR) is 86.2 cm³/mol. The van der Waals surface area contributed by atoms with Crippen molar-refractivity contribution in [3.8, 4) is 5.75 Å². The lowest BCUT2D eigenvalue weighted by Gasteiger charge is -2.18. The lowest BCUT2D eigenvalue weighted by molar-refractivity contribution is -0.131. The van der Waals surface area contributed by atoms with Crippen molar-refractivity contribution in [1.29, 1.82) is 0 Å². The lowest BCUT2D eigenvalue weighted by atomic mass is 10.1. The molecule has 0 radical (unpaired) electrons. The molecule has 0 bridgehead atoms. The molecule has 0 unspecified atom stereocenters. The molecule has 0 fully saturated rings. The maximum atomic E-state index is 14.3. The van der Waals surface area contributed by atoms with Crippen molar-refractivity contribution in [3.63, 3.8) is 0 Å². The van der Waals surface area contributed by atoms with Gasteiger partial charge in [0.1, 0.15) is 11.6 Å². The molecular formula is C18H14FNO4. The van der Waals surface area contributed by atoms with E-state index in [0.717, 1.165) is 11.6 Å². The maximum absolute atomic E-state index is 14.3.